The fourth-order valence-electron chi connectivity index (χ4n) is 0.874. The lowest BCUT2D eigenvalue weighted by Gasteiger charge is -1.89. The number of H-pyrrole nitrogens is 1. The lowest BCUT2D eigenvalue weighted by Crippen LogP contribution is -1.74. The van der Waals surface area contributed by atoms with Gasteiger partial charge in [-0.2, -0.15) is 5.10 Å². The highest BCUT2D eigenvalue weighted by Gasteiger charge is 2.06. The molecule has 0 saturated carbocycles. The van der Waals surface area contributed by atoms with Crippen molar-refractivity contribution in [2.75, 3.05) is 0 Å². The molecule has 0 amide bonds. The van der Waals surface area contributed by atoms with Crippen LogP contribution in [0.3, 0.4) is 0 Å². The third kappa shape index (κ3) is 1.02. The molecule has 0 aliphatic heterocycles. The Morgan fingerprint density at radius 3 is 3.09 bits per heavy atom. The summed E-state index contributed by atoms with van der Waals surface area (Å²) in [6, 6.07) is 1.82. The van der Waals surface area contributed by atoms with Crippen LogP contribution in [0.1, 0.15) is 0 Å². The smallest absolute Gasteiger partial charge is 0.183 e. The average Bonchev–Trinajstić information content (AvgIpc) is 2.34. The van der Waals surface area contributed by atoms with Crippen LogP contribution in [0.15, 0.2) is 16.7 Å². The molecule has 2 aromatic heterocycles. The number of aromatic amines is 1. The molecular weight excluding hydrogens is 229 g/mol. The fourth-order valence-corrected chi connectivity index (χ4v) is 1.71. The predicted molar refractivity (Wildman–Crippen MR) is 46.6 cm³/mol. The summed E-state index contributed by atoms with van der Waals surface area (Å²) in [5.41, 5.74) is 0.629. The maximum absolute atomic E-state index is 5.79. The van der Waals surface area contributed by atoms with Crippen LogP contribution in [0.2, 0.25) is 5.15 Å². The Morgan fingerprint density at radius 1 is 1.55 bits per heavy atom. The summed E-state index contributed by atoms with van der Waals surface area (Å²) in [7, 11) is 0. The summed E-state index contributed by atoms with van der Waals surface area (Å²) < 4.78 is 0.904. The van der Waals surface area contributed by atoms with E-state index in [1.165, 1.54) is 0 Å². The van der Waals surface area contributed by atoms with Crippen molar-refractivity contribution in [1.29, 1.82) is 0 Å². The molecule has 0 fully saturated rings. The summed E-state index contributed by atoms with van der Waals surface area (Å²) in [6.45, 7) is 0. The first-order chi connectivity index (χ1) is 5.29. The molecule has 1 N–H and O–H groups in total. The largest absolute Gasteiger partial charge is 0.264 e. The van der Waals surface area contributed by atoms with Crippen LogP contribution in [0.25, 0.3) is 11.0 Å². The second-order valence-corrected chi connectivity index (χ2v) is 3.26. The van der Waals surface area contributed by atoms with Gasteiger partial charge in [-0.15, -0.1) is 0 Å². The monoisotopic (exact) mass is 231 g/mol. The van der Waals surface area contributed by atoms with Crippen LogP contribution >= 0.6 is 27.5 Å². The van der Waals surface area contributed by atoms with Crippen LogP contribution in [-0.2, 0) is 0 Å². The van der Waals surface area contributed by atoms with E-state index in [9.17, 15) is 0 Å². The summed E-state index contributed by atoms with van der Waals surface area (Å²) in [5.74, 6) is 0. The van der Waals surface area contributed by atoms with Gasteiger partial charge in [0.05, 0.1) is 5.39 Å². The second-order valence-electron chi connectivity index (χ2n) is 2.03. The summed E-state index contributed by atoms with van der Waals surface area (Å²) in [5, 5.41) is 7.86. The Balaban J connectivity index is 2.96. The number of halogens is 2. The Morgan fingerprint density at radius 2 is 2.36 bits per heavy atom. The van der Waals surface area contributed by atoms with Crippen molar-refractivity contribution in [3.05, 3.63) is 21.9 Å². The van der Waals surface area contributed by atoms with Gasteiger partial charge in [-0.25, -0.2) is 4.98 Å². The number of fused-ring (bicyclic) bond motifs is 1. The van der Waals surface area contributed by atoms with E-state index in [0.29, 0.717) is 10.8 Å². The van der Waals surface area contributed by atoms with E-state index in [1.54, 1.807) is 6.20 Å². The highest BCUT2D eigenvalue weighted by atomic mass is 79.9. The van der Waals surface area contributed by atoms with Gasteiger partial charge >= 0.3 is 0 Å². The number of nitrogens with one attached hydrogen (secondary N) is 1. The van der Waals surface area contributed by atoms with Crippen LogP contribution in [0.5, 0.6) is 0 Å². The molecule has 0 radical (unpaired) electrons. The Labute approximate surface area is 75.9 Å². The topological polar surface area (TPSA) is 41.6 Å². The van der Waals surface area contributed by atoms with E-state index in [1.807, 2.05) is 6.07 Å². The van der Waals surface area contributed by atoms with Gasteiger partial charge in [0.2, 0.25) is 0 Å². The molecule has 0 saturated heterocycles. The molecule has 0 aliphatic rings. The molecule has 0 bridgehead atoms. The molecule has 5 heteroatoms. The molecule has 0 spiro atoms. The van der Waals surface area contributed by atoms with E-state index in [0.717, 1.165) is 9.86 Å². The first-order valence-corrected chi connectivity index (χ1v) is 4.10. The second kappa shape index (κ2) is 2.46. The van der Waals surface area contributed by atoms with Crippen molar-refractivity contribution in [2.45, 2.75) is 0 Å². The minimum atomic E-state index is 0.514. The highest BCUT2D eigenvalue weighted by molar-refractivity contribution is 9.10. The maximum Gasteiger partial charge on any atom is 0.183 e. The highest BCUT2D eigenvalue weighted by Crippen LogP contribution is 2.26. The number of hydrogen-bond donors (Lipinski definition) is 1. The average molecular weight is 232 g/mol. The quantitative estimate of drug-likeness (QED) is 0.758. The predicted octanol–water partition coefficient (Wildman–Crippen LogP) is 2.37. The Bertz CT molecular complexity index is 398. The molecule has 2 rings (SSSR count). The van der Waals surface area contributed by atoms with Gasteiger partial charge < -0.3 is 0 Å². The molecule has 2 heterocycles. The molecule has 0 aromatic carbocycles. The molecule has 0 atom stereocenters. The minimum absolute atomic E-state index is 0.514. The zero-order valence-corrected chi connectivity index (χ0v) is 7.65. The zero-order valence-electron chi connectivity index (χ0n) is 5.31. The number of rotatable bonds is 0. The SMILES string of the molecule is Clc1[nH]nc2nccc(Br)c12. The standard InChI is InChI=1S/C6H3BrClN3/c7-3-1-2-9-6-4(3)5(8)10-11-6/h1-2H,(H,9,10,11). The van der Waals surface area contributed by atoms with Crippen LogP contribution < -0.4 is 0 Å². The number of aromatic nitrogens is 3. The molecule has 0 aliphatic carbocycles. The van der Waals surface area contributed by atoms with Crippen LogP contribution in [0, 0.1) is 0 Å². The zero-order chi connectivity index (χ0) is 7.84. The molecular formula is C6H3BrClN3. The number of nitrogens with zero attached hydrogens (tertiary/aromatic N) is 2. The van der Waals surface area contributed by atoms with E-state index in [4.69, 9.17) is 11.6 Å². The minimum Gasteiger partial charge on any atom is -0.264 e. The van der Waals surface area contributed by atoms with Gasteiger partial charge in [-0.05, 0) is 22.0 Å². The first-order valence-electron chi connectivity index (χ1n) is 2.93. The molecule has 56 valence electrons. The van der Waals surface area contributed by atoms with Crippen molar-refractivity contribution >= 4 is 38.6 Å². The summed E-state index contributed by atoms with van der Waals surface area (Å²) in [4.78, 5) is 4.01. The molecule has 0 unspecified atom stereocenters. The number of pyridine rings is 1. The third-order valence-electron chi connectivity index (χ3n) is 1.36. The van der Waals surface area contributed by atoms with E-state index >= 15 is 0 Å². The maximum atomic E-state index is 5.79. The summed E-state index contributed by atoms with van der Waals surface area (Å²) in [6.07, 6.45) is 1.67. The van der Waals surface area contributed by atoms with Crippen LogP contribution in [-0.4, -0.2) is 15.2 Å². The van der Waals surface area contributed by atoms with Gasteiger partial charge in [0, 0.05) is 10.7 Å². The lowest BCUT2D eigenvalue weighted by molar-refractivity contribution is 1.10. The van der Waals surface area contributed by atoms with Crippen molar-refractivity contribution in [1.82, 2.24) is 15.2 Å². The molecule has 11 heavy (non-hydrogen) atoms. The van der Waals surface area contributed by atoms with Gasteiger partial charge in [0.15, 0.2) is 5.65 Å². The van der Waals surface area contributed by atoms with E-state index in [2.05, 4.69) is 31.1 Å². The normalized spacial score (nSPS) is 10.7. The van der Waals surface area contributed by atoms with Crippen LogP contribution in [0.4, 0.5) is 0 Å². The molecule has 3 nitrogen and oxygen atoms in total. The van der Waals surface area contributed by atoms with Gasteiger partial charge in [-0.3, -0.25) is 5.10 Å². The lowest BCUT2D eigenvalue weighted by atomic mass is 10.4. The van der Waals surface area contributed by atoms with Gasteiger partial charge in [0.1, 0.15) is 5.15 Å². The Kier molecular flexibility index (Phi) is 1.58. The summed E-state index contributed by atoms with van der Waals surface area (Å²) >= 11 is 9.13. The Hall–Kier alpha value is -0.610. The van der Waals surface area contributed by atoms with Crippen molar-refractivity contribution in [3.63, 3.8) is 0 Å². The third-order valence-corrected chi connectivity index (χ3v) is 2.29. The molecule has 2 aromatic rings. The van der Waals surface area contributed by atoms with Gasteiger partial charge in [0.25, 0.3) is 0 Å². The van der Waals surface area contributed by atoms with E-state index < -0.39 is 0 Å². The van der Waals surface area contributed by atoms with Crippen molar-refractivity contribution in [2.24, 2.45) is 0 Å². The first kappa shape index (κ1) is 7.06. The van der Waals surface area contributed by atoms with Crippen molar-refractivity contribution in [3.8, 4) is 0 Å². The number of hydrogen-bond acceptors (Lipinski definition) is 2. The van der Waals surface area contributed by atoms with E-state index in [-0.39, 0.29) is 0 Å². The van der Waals surface area contributed by atoms with Gasteiger partial charge in [-0.1, -0.05) is 11.6 Å². The fraction of sp³-hybridized carbons (Fsp3) is 0. The van der Waals surface area contributed by atoms with Crippen molar-refractivity contribution < 1.29 is 0 Å².